The molecule has 0 aliphatic carbocycles. The Morgan fingerprint density at radius 2 is 2.16 bits per heavy atom. The molecule has 0 radical (unpaired) electrons. The van der Waals surface area contributed by atoms with Crippen LogP contribution in [0.4, 0.5) is 0 Å². The maximum Gasteiger partial charge on any atom is 0.306 e. The lowest BCUT2D eigenvalue weighted by Gasteiger charge is -2.35. The van der Waals surface area contributed by atoms with Gasteiger partial charge in [-0.1, -0.05) is 0 Å². The number of carbonyl (C=O) groups excluding carboxylic acids is 1. The zero-order chi connectivity index (χ0) is 13.5. The van der Waals surface area contributed by atoms with Crippen molar-refractivity contribution in [3.05, 3.63) is 0 Å². The summed E-state index contributed by atoms with van der Waals surface area (Å²) >= 11 is 1.95. The monoisotopic (exact) mass is 286 g/mol. The molecule has 1 unspecified atom stereocenters. The molecule has 2 heterocycles. The molecular weight excluding hydrogens is 260 g/mol. The maximum absolute atomic E-state index is 11.3. The van der Waals surface area contributed by atoms with E-state index in [9.17, 15) is 4.79 Å². The van der Waals surface area contributed by atoms with Crippen LogP contribution in [0.25, 0.3) is 0 Å². The lowest BCUT2D eigenvalue weighted by Crippen LogP contribution is -2.43. The van der Waals surface area contributed by atoms with E-state index in [1.807, 2.05) is 18.7 Å². The summed E-state index contributed by atoms with van der Waals surface area (Å²) in [6, 6.07) is 0.769. The molecule has 1 atom stereocenters. The molecule has 0 bridgehead atoms. The van der Waals surface area contributed by atoms with Gasteiger partial charge in [0.05, 0.1) is 13.0 Å². The van der Waals surface area contributed by atoms with Gasteiger partial charge in [-0.25, -0.2) is 0 Å². The minimum Gasteiger partial charge on any atom is -0.466 e. The van der Waals surface area contributed by atoms with Crippen molar-refractivity contribution in [2.24, 2.45) is 0 Å². The number of likely N-dealkylation sites (tertiary alicyclic amines) is 1. The van der Waals surface area contributed by atoms with Crippen molar-refractivity contribution < 1.29 is 9.53 Å². The molecule has 0 amide bonds. The summed E-state index contributed by atoms with van der Waals surface area (Å²) in [5.41, 5.74) is 0. The first-order valence-electron chi connectivity index (χ1n) is 7.51. The Balaban J connectivity index is 1.57. The quantitative estimate of drug-likeness (QED) is 0.750. The van der Waals surface area contributed by atoms with Gasteiger partial charge in [-0.3, -0.25) is 9.69 Å². The van der Waals surface area contributed by atoms with E-state index in [1.54, 1.807) is 0 Å². The van der Waals surface area contributed by atoms with Crippen molar-refractivity contribution in [1.29, 1.82) is 0 Å². The van der Waals surface area contributed by atoms with Gasteiger partial charge in [-0.15, -0.1) is 0 Å². The van der Waals surface area contributed by atoms with E-state index in [2.05, 4.69) is 10.2 Å². The maximum atomic E-state index is 11.3. The van der Waals surface area contributed by atoms with E-state index in [0.29, 0.717) is 13.0 Å². The van der Waals surface area contributed by atoms with E-state index >= 15 is 0 Å². The van der Waals surface area contributed by atoms with Crippen LogP contribution in [0, 0.1) is 0 Å². The molecule has 19 heavy (non-hydrogen) atoms. The standard InChI is InChI=1S/C14H26N2O2S/c1-2-18-14(17)6-10-19-13-4-8-16(9-5-13)12-3-7-15-11-12/h12-13,15H,2-11H2,1H3. The van der Waals surface area contributed by atoms with Gasteiger partial charge in [0.1, 0.15) is 0 Å². The molecular formula is C14H26N2O2S. The SMILES string of the molecule is CCOC(=O)CCSC1CCN(C2CCNC2)CC1. The second kappa shape index (κ2) is 8.12. The first-order valence-corrected chi connectivity index (χ1v) is 8.56. The number of carbonyl (C=O) groups is 1. The molecule has 1 N–H and O–H groups in total. The second-order valence-corrected chi connectivity index (χ2v) is 6.72. The second-order valence-electron chi connectivity index (χ2n) is 5.31. The highest BCUT2D eigenvalue weighted by molar-refractivity contribution is 7.99. The molecule has 0 aromatic carbocycles. The highest BCUT2D eigenvalue weighted by Gasteiger charge is 2.26. The summed E-state index contributed by atoms with van der Waals surface area (Å²) < 4.78 is 4.95. The van der Waals surface area contributed by atoms with E-state index in [1.165, 1.54) is 45.4 Å². The van der Waals surface area contributed by atoms with E-state index in [0.717, 1.165) is 17.0 Å². The topological polar surface area (TPSA) is 41.6 Å². The molecule has 2 aliphatic rings. The van der Waals surface area contributed by atoms with Crippen molar-refractivity contribution in [2.75, 3.05) is 38.5 Å². The van der Waals surface area contributed by atoms with Crippen LogP contribution in [0.5, 0.6) is 0 Å². The van der Waals surface area contributed by atoms with Crippen LogP contribution in [0.15, 0.2) is 0 Å². The predicted octanol–water partition coefficient (Wildman–Crippen LogP) is 1.50. The molecule has 0 aromatic heterocycles. The highest BCUT2D eigenvalue weighted by atomic mass is 32.2. The Kier molecular flexibility index (Phi) is 6.47. The van der Waals surface area contributed by atoms with E-state index in [-0.39, 0.29) is 5.97 Å². The van der Waals surface area contributed by atoms with Gasteiger partial charge in [0, 0.05) is 23.6 Å². The lowest BCUT2D eigenvalue weighted by atomic mass is 10.1. The summed E-state index contributed by atoms with van der Waals surface area (Å²) in [7, 11) is 0. The molecule has 110 valence electrons. The molecule has 2 fully saturated rings. The average Bonchev–Trinajstić information content (AvgIpc) is 2.94. The molecule has 2 rings (SSSR count). The Hall–Kier alpha value is -0.260. The molecule has 2 saturated heterocycles. The van der Waals surface area contributed by atoms with Gasteiger partial charge < -0.3 is 10.1 Å². The first-order chi connectivity index (χ1) is 9.29. The normalized spacial score (nSPS) is 25.6. The third kappa shape index (κ3) is 4.97. The van der Waals surface area contributed by atoms with Crippen LogP contribution in [0.1, 0.15) is 32.6 Å². The molecule has 4 nitrogen and oxygen atoms in total. The van der Waals surface area contributed by atoms with Crippen molar-refractivity contribution in [3.63, 3.8) is 0 Å². The largest absolute Gasteiger partial charge is 0.466 e. The van der Waals surface area contributed by atoms with Crippen LogP contribution in [0.3, 0.4) is 0 Å². The van der Waals surface area contributed by atoms with Crippen molar-refractivity contribution in [2.45, 2.75) is 43.9 Å². The van der Waals surface area contributed by atoms with Crippen LogP contribution in [-0.2, 0) is 9.53 Å². The predicted molar refractivity (Wildman–Crippen MR) is 79.6 cm³/mol. The number of hydrogen-bond donors (Lipinski definition) is 1. The number of nitrogens with one attached hydrogen (secondary N) is 1. The number of ether oxygens (including phenoxy) is 1. The average molecular weight is 286 g/mol. The van der Waals surface area contributed by atoms with Crippen molar-refractivity contribution in [3.8, 4) is 0 Å². The summed E-state index contributed by atoms with van der Waals surface area (Å²) in [6.45, 7) is 7.16. The van der Waals surface area contributed by atoms with E-state index < -0.39 is 0 Å². The van der Waals surface area contributed by atoms with Gasteiger partial charge in [0.25, 0.3) is 0 Å². The van der Waals surface area contributed by atoms with E-state index in [4.69, 9.17) is 4.74 Å². The van der Waals surface area contributed by atoms with Crippen molar-refractivity contribution >= 4 is 17.7 Å². The van der Waals surface area contributed by atoms with Gasteiger partial charge >= 0.3 is 5.97 Å². The van der Waals surface area contributed by atoms with Crippen molar-refractivity contribution in [1.82, 2.24) is 10.2 Å². The Bertz CT molecular complexity index is 275. The number of piperidine rings is 1. The number of esters is 1. The van der Waals surface area contributed by atoms with Gasteiger partial charge in [0.15, 0.2) is 0 Å². The zero-order valence-corrected chi connectivity index (χ0v) is 12.7. The molecule has 0 saturated carbocycles. The summed E-state index contributed by atoms with van der Waals surface area (Å²) in [5.74, 6) is 0.860. The van der Waals surface area contributed by atoms with Crippen LogP contribution in [0.2, 0.25) is 0 Å². The Morgan fingerprint density at radius 3 is 2.79 bits per heavy atom. The molecule has 0 aromatic rings. The lowest BCUT2D eigenvalue weighted by molar-refractivity contribution is -0.142. The number of rotatable bonds is 6. The van der Waals surface area contributed by atoms with Gasteiger partial charge in [-0.2, -0.15) is 11.8 Å². The first kappa shape index (κ1) is 15.1. The summed E-state index contributed by atoms with van der Waals surface area (Å²) in [6.07, 6.45) is 4.40. The molecule has 0 spiro atoms. The third-order valence-electron chi connectivity index (χ3n) is 3.99. The molecule has 2 aliphatic heterocycles. The fourth-order valence-electron chi connectivity index (χ4n) is 2.90. The molecule has 5 heteroatoms. The smallest absolute Gasteiger partial charge is 0.306 e. The minimum atomic E-state index is -0.0514. The van der Waals surface area contributed by atoms with Gasteiger partial charge in [0.2, 0.25) is 0 Å². The van der Waals surface area contributed by atoms with Gasteiger partial charge in [-0.05, 0) is 45.8 Å². The Labute approximate surface area is 120 Å². The van der Waals surface area contributed by atoms with Crippen LogP contribution < -0.4 is 5.32 Å². The Morgan fingerprint density at radius 1 is 1.37 bits per heavy atom. The minimum absolute atomic E-state index is 0.0514. The fraction of sp³-hybridized carbons (Fsp3) is 0.929. The van der Waals surface area contributed by atoms with Crippen LogP contribution in [-0.4, -0.2) is 60.7 Å². The summed E-state index contributed by atoms with van der Waals surface area (Å²) in [4.78, 5) is 13.9. The van der Waals surface area contributed by atoms with Crippen LogP contribution >= 0.6 is 11.8 Å². The fourth-order valence-corrected chi connectivity index (χ4v) is 4.06. The number of nitrogens with zero attached hydrogens (tertiary/aromatic N) is 1. The highest BCUT2D eigenvalue weighted by Crippen LogP contribution is 2.26. The summed E-state index contributed by atoms with van der Waals surface area (Å²) in [5, 5.41) is 4.18. The number of hydrogen-bond acceptors (Lipinski definition) is 5. The number of thioether (sulfide) groups is 1. The third-order valence-corrected chi connectivity index (χ3v) is 5.37. The zero-order valence-electron chi connectivity index (χ0n) is 11.9.